The van der Waals surface area contributed by atoms with Gasteiger partial charge in [0.2, 0.25) is 0 Å². The third kappa shape index (κ3) is 17.8. The summed E-state index contributed by atoms with van der Waals surface area (Å²) in [6, 6.07) is 0. The van der Waals surface area contributed by atoms with Crippen LogP contribution >= 0.6 is 9.24 Å². The van der Waals surface area contributed by atoms with Gasteiger partial charge in [0.15, 0.2) is 6.29 Å². The van der Waals surface area contributed by atoms with Crippen molar-refractivity contribution in [3.8, 4) is 0 Å². The molecule has 0 heterocycles. The first-order valence-corrected chi connectivity index (χ1v) is 3.83. The first-order valence-electron chi connectivity index (χ1n) is 3.17. The molecule has 0 aromatic heterocycles. The number of carbonyl (C=O) groups excluding carboxylic acids is 1. The van der Waals surface area contributed by atoms with Gasteiger partial charge in [-0.1, -0.05) is 27.7 Å². The average Bonchev–Trinajstić information content (AvgIpc) is 1.88. The summed E-state index contributed by atoms with van der Waals surface area (Å²) in [6.07, 6.45) is 0.266. The highest BCUT2D eigenvalue weighted by Gasteiger charge is 2.06. The molecule has 0 rings (SSSR count). The molecule has 70 valence electrons. The Morgan fingerprint density at radius 1 is 1.45 bits per heavy atom. The van der Waals surface area contributed by atoms with Crippen LogP contribution in [0.1, 0.15) is 27.7 Å². The van der Waals surface area contributed by atoms with Crippen LogP contribution in [0.15, 0.2) is 0 Å². The van der Waals surface area contributed by atoms with Crippen LogP contribution in [0.25, 0.3) is 0 Å². The van der Waals surface area contributed by atoms with Gasteiger partial charge in [-0.05, 0) is 0 Å². The van der Waals surface area contributed by atoms with Crippen molar-refractivity contribution in [2.45, 2.75) is 39.6 Å². The topological polar surface area (TPSA) is 57.5 Å². The van der Waals surface area contributed by atoms with Gasteiger partial charge < -0.3 is 15.0 Å². The van der Waals surface area contributed by atoms with Crippen molar-refractivity contribution < 1.29 is 15.0 Å². The largest absolute Gasteiger partial charge is 0.386 e. The molecule has 3 atom stereocenters. The van der Waals surface area contributed by atoms with E-state index in [9.17, 15) is 4.79 Å². The minimum absolute atomic E-state index is 0. The molecule has 0 saturated carbocycles. The van der Waals surface area contributed by atoms with Gasteiger partial charge in [0.05, 0.1) is 5.85 Å². The van der Waals surface area contributed by atoms with Gasteiger partial charge in [-0.25, -0.2) is 0 Å². The normalized spacial score (nSPS) is 13.2. The Bertz CT molecular complexity index is 76.1. The molecular formula is C7H19O3P. The van der Waals surface area contributed by atoms with Gasteiger partial charge in [-0.15, -0.1) is 9.24 Å². The first-order chi connectivity index (χ1) is 4.59. The highest BCUT2D eigenvalue weighted by atomic mass is 31.0. The van der Waals surface area contributed by atoms with Gasteiger partial charge >= 0.3 is 0 Å². The maximum absolute atomic E-state index is 9.52. The molecule has 2 N–H and O–H groups in total. The lowest BCUT2D eigenvalue weighted by atomic mass is 10.4. The SMILES string of the molecule is C.CCC.O=CC(O)C(O)P. The van der Waals surface area contributed by atoms with E-state index in [0.29, 0.717) is 0 Å². The van der Waals surface area contributed by atoms with Crippen LogP contribution in [0.2, 0.25) is 0 Å². The van der Waals surface area contributed by atoms with Crippen molar-refractivity contribution >= 4 is 15.5 Å². The Labute approximate surface area is 71.0 Å². The lowest BCUT2D eigenvalue weighted by Gasteiger charge is -2.02. The quantitative estimate of drug-likeness (QED) is 0.490. The minimum atomic E-state index is -1.26. The third-order valence-electron chi connectivity index (χ3n) is 0.489. The van der Waals surface area contributed by atoms with E-state index < -0.39 is 11.9 Å². The van der Waals surface area contributed by atoms with E-state index in [1.54, 1.807) is 0 Å². The summed E-state index contributed by atoms with van der Waals surface area (Å²) in [5.41, 5.74) is 0. The van der Waals surface area contributed by atoms with Crippen molar-refractivity contribution in [1.82, 2.24) is 0 Å². The second-order valence-electron chi connectivity index (χ2n) is 1.82. The van der Waals surface area contributed by atoms with E-state index in [2.05, 4.69) is 13.8 Å². The zero-order valence-corrected chi connectivity index (χ0v) is 7.47. The number of aldehydes is 1. The average molecular weight is 182 g/mol. The van der Waals surface area contributed by atoms with Crippen molar-refractivity contribution in [1.29, 1.82) is 0 Å². The van der Waals surface area contributed by atoms with Gasteiger partial charge in [0.25, 0.3) is 0 Å². The fourth-order valence-electron chi connectivity index (χ4n) is 0.0805. The number of hydrogen-bond donors (Lipinski definition) is 2. The molecule has 4 heteroatoms. The summed E-state index contributed by atoms with van der Waals surface area (Å²) < 4.78 is 0. The Balaban J connectivity index is -0.000000140. The van der Waals surface area contributed by atoms with E-state index in [1.165, 1.54) is 6.42 Å². The van der Waals surface area contributed by atoms with Crippen LogP contribution < -0.4 is 0 Å². The maximum atomic E-state index is 9.52. The fraction of sp³-hybridized carbons (Fsp3) is 0.857. The summed E-state index contributed by atoms with van der Waals surface area (Å²) in [4.78, 5) is 9.52. The zero-order chi connectivity index (χ0) is 8.57. The van der Waals surface area contributed by atoms with E-state index in [0.717, 1.165) is 0 Å². The van der Waals surface area contributed by atoms with E-state index >= 15 is 0 Å². The zero-order valence-electron chi connectivity index (χ0n) is 6.32. The molecule has 0 spiro atoms. The van der Waals surface area contributed by atoms with E-state index in [1.807, 2.05) is 9.24 Å². The molecule has 0 fully saturated rings. The molecule has 0 aliphatic heterocycles. The fourth-order valence-corrected chi connectivity index (χ4v) is 0.171. The highest BCUT2D eigenvalue weighted by molar-refractivity contribution is 7.17. The number of aliphatic hydroxyl groups excluding tert-OH is 2. The lowest BCUT2D eigenvalue weighted by molar-refractivity contribution is -0.117. The minimum Gasteiger partial charge on any atom is -0.386 e. The standard InChI is InChI=1S/C3H7O3P.C3H8.CH4/c4-1-2(5)3(6)7;1-3-2;/h1-3,5-6H,7H2;3H2,1-2H3;1H4. The summed E-state index contributed by atoms with van der Waals surface area (Å²) >= 11 is 0. The molecule has 11 heavy (non-hydrogen) atoms. The van der Waals surface area contributed by atoms with Crippen molar-refractivity contribution in [3.05, 3.63) is 0 Å². The number of carbonyl (C=O) groups is 1. The summed E-state index contributed by atoms with van der Waals surface area (Å²) in [7, 11) is 1.89. The van der Waals surface area contributed by atoms with Crippen molar-refractivity contribution in [2.24, 2.45) is 0 Å². The van der Waals surface area contributed by atoms with E-state index in [4.69, 9.17) is 10.2 Å². The molecule has 0 aliphatic carbocycles. The number of aliphatic hydroxyl groups is 2. The number of hydrogen-bond acceptors (Lipinski definition) is 3. The molecule has 3 nitrogen and oxygen atoms in total. The number of rotatable bonds is 2. The Kier molecular flexibility index (Phi) is 19.8. The Morgan fingerprint density at radius 2 is 1.73 bits per heavy atom. The van der Waals surface area contributed by atoms with Gasteiger partial charge in [-0.2, -0.15) is 0 Å². The van der Waals surface area contributed by atoms with Gasteiger partial charge in [0, 0.05) is 0 Å². The van der Waals surface area contributed by atoms with Crippen molar-refractivity contribution in [2.75, 3.05) is 0 Å². The van der Waals surface area contributed by atoms with Crippen LogP contribution in [0.3, 0.4) is 0 Å². The molecule has 3 unspecified atom stereocenters. The van der Waals surface area contributed by atoms with Crippen LogP contribution in [-0.4, -0.2) is 28.4 Å². The smallest absolute Gasteiger partial charge is 0.151 e. The van der Waals surface area contributed by atoms with Crippen LogP contribution in [0, 0.1) is 0 Å². The monoisotopic (exact) mass is 182 g/mol. The highest BCUT2D eigenvalue weighted by Crippen LogP contribution is 1.97. The molecular weight excluding hydrogens is 163 g/mol. The van der Waals surface area contributed by atoms with E-state index in [-0.39, 0.29) is 13.7 Å². The first kappa shape index (κ1) is 17.2. The molecule has 0 aromatic carbocycles. The van der Waals surface area contributed by atoms with Gasteiger partial charge in [-0.3, -0.25) is 0 Å². The molecule has 0 aromatic rings. The molecule has 0 amide bonds. The Morgan fingerprint density at radius 3 is 1.73 bits per heavy atom. The Hall–Kier alpha value is 0.0200. The molecule has 0 bridgehead atoms. The van der Waals surface area contributed by atoms with Crippen LogP contribution in [0.5, 0.6) is 0 Å². The maximum Gasteiger partial charge on any atom is 0.151 e. The van der Waals surface area contributed by atoms with Crippen molar-refractivity contribution in [3.63, 3.8) is 0 Å². The summed E-state index contributed by atoms with van der Waals surface area (Å²) in [5, 5.41) is 16.6. The molecule has 0 radical (unpaired) electrons. The second kappa shape index (κ2) is 12.7. The molecule has 0 aliphatic rings. The van der Waals surface area contributed by atoms with Crippen LogP contribution in [-0.2, 0) is 4.79 Å². The predicted molar refractivity (Wildman–Crippen MR) is 50.5 cm³/mol. The lowest BCUT2D eigenvalue weighted by Crippen LogP contribution is -2.20. The van der Waals surface area contributed by atoms with Crippen LogP contribution in [0.4, 0.5) is 0 Å². The summed E-state index contributed by atoms with van der Waals surface area (Å²) in [6.45, 7) is 4.25. The second-order valence-corrected chi connectivity index (χ2v) is 2.51. The molecule has 0 saturated heterocycles. The summed E-state index contributed by atoms with van der Waals surface area (Å²) in [5.74, 6) is -1.03. The third-order valence-corrected chi connectivity index (χ3v) is 0.884. The van der Waals surface area contributed by atoms with Gasteiger partial charge in [0.1, 0.15) is 6.10 Å². The predicted octanol–water partition coefficient (Wildman–Crippen LogP) is 0.792.